The number of ether oxygens (including phenoxy) is 1. The van der Waals surface area contributed by atoms with Gasteiger partial charge in [-0.1, -0.05) is 0 Å². The van der Waals surface area contributed by atoms with Gasteiger partial charge in [0.15, 0.2) is 0 Å². The van der Waals surface area contributed by atoms with Crippen molar-refractivity contribution in [3.8, 4) is 0 Å². The fraction of sp³-hybridized carbons (Fsp3) is 0.611. The predicted molar refractivity (Wildman–Crippen MR) is 90.4 cm³/mol. The molecule has 1 aromatic rings. The molecule has 0 atom stereocenters. The summed E-state index contributed by atoms with van der Waals surface area (Å²) in [5, 5.41) is 0. The van der Waals surface area contributed by atoms with Gasteiger partial charge in [-0.3, -0.25) is 0 Å². The fourth-order valence-electron chi connectivity index (χ4n) is 2.89. The third-order valence-corrected chi connectivity index (χ3v) is 4.10. The Morgan fingerprint density at radius 2 is 1.87 bits per heavy atom. The molecule has 1 aliphatic rings. The van der Waals surface area contributed by atoms with Crippen LogP contribution in [0.2, 0.25) is 0 Å². The van der Waals surface area contributed by atoms with Crippen molar-refractivity contribution in [3.05, 3.63) is 29.6 Å². The number of amides is 1. The molecule has 1 amide bonds. The van der Waals surface area contributed by atoms with Gasteiger partial charge < -0.3 is 14.5 Å². The molecule has 0 bridgehead atoms. The van der Waals surface area contributed by atoms with Crippen LogP contribution in [0.3, 0.4) is 0 Å². The molecule has 23 heavy (non-hydrogen) atoms. The molecule has 0 saturated carbocycles. The maximum Gasteiger partial charge on any atom is 0.410 e. The highest BCUT2D eigenvalue weighted by Gasteiger charge is 2.28. The number of nitrogens with zero attached hydrogens (tertiary/aromatic N) is 2. The zero-order valence-corrected chi connectivity index (χ0v) is 14.7. The van der Waals surface area contributed by atoms with Gasteiger partial charge >= 0.3 is 6.09 Å². The van der Waals surface area contributed by atoms with E-state index in [1.807, 2.05) is 40.8 Å². The van der Waals surface area contributed by atoms with Crippen LogP contribution in [0.15, 0.2) is 18.2 Å². The van der Waals surface area contributed by atoms with Crippen molar-refractivity contribution in [3.63, 3.8) is 0 Å². The maximum absolute atomic E-state index is 13.6. The first kappa shape index (κ1) is 17.6. The number of halogens is 1. The summed E-state index contributed by atoms with van der Waals surface area (Å²) in [6, 6.07) is 5.38. The van der Waals surface area contributed by atoms with E-state index in [0.717, 1.165) is 24.1 Å². The molecular weight excluding hydrogens is 295 g/mol. The number of piperidine rings is 1. The molecule has 0 spiro atoms. The number of hydrogen-bond acceptors (Lipinski definition) is 3. The van der Waals surface area contributed by atoms with E-state index in [9.17, 15) is 9.18 Å². The molecule has 2 rings (SSSR count). The van der Waals surface area contributed by atoms with Crippen LogP contribution in [0.1, 0.15) is 39.2 Å². The molecule has 5 heteroatoms. The van der Waals surface area contributed by atoms with Crippen LogP contribution in [0.4, 0.5) is 14.9 Å². The van der Waals surface area contributed by atoms with Crippen LogP contribution in [-0.2, 0) is 4.74 Å². The molecule has 1 fully saturated rings. The quantitative estimate of drug-likeness (QED) is 0.826. The Morgan fingerprint density at radius 1 is 1.26 bits per heavy atom. The summed E-state index contributed by atoms with van der Waals surface area (Å²) < 4.78 is 19.0. The summed E-state index contributed by atoms with van der Waals surface area (Å²) in [5.41, 5.74) is 1.33. The first-order valence-electron chi connectivity index (χ1n) is 8.13. The molecule has 0 unspecified atom stereocenters. The van der Waals surface area contributed by atoms with Gasteiger partial charge in [0, 0.05) is 31.9 Å². The van der Waals surface area contributed by atoms with Crippen LogP contribution >= 0.6 is 0 Å². The number of likely N-dealkylation sites (tertiary alicyclic amines) is 1. The number of benzene rings is 1. The highest BCUT2D eigenvalue weighted by Crippen LogP contribution is 2.24. The van der Waals surface area contributed by atoms with E-state index in [0.29, 0.717) is 19.1 Å². The molecule has 128 valence electrons. The normalized spacial score (nSPS) is 16.3. The van der Waals surface area contributed by atoms with Gasteiger partial charge in [0.25, 0.3) is 0 Å². The van der Waals surface area contributed by atoms with Gasteiger partial charge in [0.05, 0.1) is 0 Å². The topological polar surface area (TPSA) is 32.8 Å². The summed E-state index contributed by atoms with van der Waals surface area (Å²) in [4.78, 5) is 16.0. The van der Waals surface area contributed by atoms with Crippen molar-refractivity contribution >= 4 is 11.8 Å². The van der Waals surface area contributed by atoms with Gasteiger partial charge in [-0.2, -0.15) is 0 Å². The fourth-order valence-corrected chi connectivity index (χ4v) is 2.89. The molecule has 1 saturated heterocycles. The van der Waals surface area contributed by atoms with Crippen molar-refractivity contribution < 1.29 is 13.9 Å². The van der Waals surface area contributed by atoms with Gasteiger partial charge in [0.2, 0.25) is 0 Å². The summed E-state index contributed by atoms with van der Waals surface area (Å²) in [7, 11) is 1.99. The summed E-state index contributed by atoms with van der Waals surface area (Å²) >= 11 is 0. The Labute approximate surface area is 138 Å². The SMILES string of the molecule is Cc1cc(F)cc(N(C)C2CCN(C(=O)OC(C)(C)C)CC2)c1. The van der Waals surface area contributed by atoms with Crippen LogP contribution in [0, 0.1) is 12.7 Å². The predicted octanol–water partition coefficient (Wildman–Crippen LogP) is 3.97. The lowest BCUT2D eigenvalue weighted by Gasteiger charge is -2.38. The molecule has 0 radical (unpaired) electrons. The second-order valence-electron chi connectivity index (χ2n) is 7.30. The second-order valence-corrected chi connectivity index (χ2v) is 7.30. The molecule has 4 nitrogen and oxygen atoms in total. The molecule has 0 aromatic heterocycles. The number of hydrogen-bond donors (Lipinski definition) is 0. The van der Waals surface area contributed by atoms with E-state index in [1.165, 1.54) is 6.07 Å². The van der Waals surface area contributed by atoms with Gasteiger partial charge in [-0.25, -0.2) is 9.18 Å². The molecule has 1 aromatic carbocycles. The van der Waals surface area contributed by atoms with Crippen LogP contribution in [0.25, 0.3) is 0 Å². The summed E-state index contributed by atoms with van der Waals surface area (Å²) in [5.74, 6) is -0.210. The van der Waals surface area contributed by atoms with E-state index in [-0.39, 0.29) is 11.9 Å². The maximum atomic E-state index is 13.6. The minimum atomic E-state index is -0.468. The second kappa shape index (κ2) is 6.77. The van der Waals surface area contributed by atoms with E-state index in [2.05, 4.69) is 4.90 Å². The highest BCUT2D eigenvalue weighted by molar-refractivity contribution is 5.68. The van der Waals surface area contributed by atoms with E-state index in [1.54, 1.807) is 11.0 Å². The molecular formula is C18H27FN2O2. The van der Waals surface area contributed by atoms with Crippen LogP contribution in [0.5, 0.6) is 0 Å². The van der Waals surface area contributed by atoms with Crippen molar-refractivity contribution in [1.82, 2.24) is 4.90 Å². The Morgan fingerprint density at radius 3 is 2.39 bits per heavy atom. The number of anilines is 1. The van der Waals surface area contributed by atoms with Crippen molar-refractivity contribution in [2.45, 2.75) is 52.2 Å². The third kappa shape index (κ3) is 4.85. The standard InChI is InChI=1S/C18H27FN2O2/c1-13-10-14(19)12-16(11-13)20(5)15-6-8-21(9-7-15)17(22)23-18(2,3)4/h10-12,15H,6-9H2,1-5H3. The minimum Gasteiger partial charge on any atom is -0.444 e. The highest BCUT2D eigenvalue weighted by atomic mass is 19.1. The number of carbonyl (C=O) groups excluding carboxylic acids is 1. The number of aryl methyl sites for hydroxylation is 1. The zero-order chi connectivity index (χ0) is 17.2. The van der Waals surface area contributed by atoms with Gasteiger partial charge in [-0.15, -0.1) is 0 Å². The zero-order valence-electron chi connectivity index (χ0n) is 14.7. The Bertz CT molecular complexity index is 540. The van der Waals surface area contributed by atoms with E-state index < -0.39 is 5.60 Å². The third-order valence-electron chi connectivity index (χ3n) is 4.10. The van der Waals surface area contributed by atoms with Crippen molar-refractivity contribution in [2.24, 2.45) is 0 Å². The summed E-state index contributed by atoms with van der Waals surface area (Å²) in [6.07, 6.45) is 1.46. The molecule has 1 heterocycles. The molecule has 1 aliphatic heterocycles. The van der Waals surface area contributed by atoms with Crippen LogP contribution < -0.4 is 4.90 Å². The average Bonchev–Trinajstić information content (AvgIpc) is 2.44. The van der Waals surface area contributed by atoms with Crippen LogP contribution in [-0.4, -0.2) is 42.8 Å². The lowest BCUT2D eigenvalue weighted by molar-refractivity contribution is 0.0205. The summed E-state index contributed by atoms with van der Waals surface area (Å²) in [6.45, 7) is 8.84. The smallest absolute Gasteiger partial charge is 0.410 e. The lowest BCUT2D eigenvalue weighted by Crippen LogP contribution is -2.47. The Kier molecular flexibility index (Phi) is 5.17. The number of rotatable bonds is 2. The molecule has 0 N–H and O–H groups in total. The van der Waals surface area contributed by atoms with Crippen molar-refractivity contribution in [1.29, 1.82) is 0 Å². The number of carbonyl (C=O) groups is 1. The molecule has 0 aliphatic carbocycles. The van der Waals surface area contributed by atoms with Gasteiger partial charge in [0.1, 0.15) is 11.4 Å². The first-order chi connectivity index (χ1) is 10.7. The first-order valence-corrected chi connectivity index (χ1v) is 8.13. The van der Waals surface area contributed by atoms with Crippen molar-refractivity contribution in [2.75, 3.05) is 25.0 Å². The average molecular weight is 322 g/mol. The lowest BCUT2D eigenvalue weighted by atomic mass is 10.0. The Balaban J connectivity index is 1.94. The minimum absolute atomic E-state index is 0.210. The monoisotopic (exact) mass is 322 g/mol. The van der Waals surface area contributed by atoms with E-state index >= 15 is 0 Å². The largest absolute Gasteiger partial charge is 0.444 e. The van der Waals surface area contributed by atoms with E-state index in [4.69, 9.17) is 4.74 Å². The van der Waals surface area contributed by atoms with Gasteiger partial charge in [-0.05, 0) is 64.3 Å². The Hall–Kier alpha value is -1.78.